The van der Waals surface area contributed by atoms with Crippen LogP contribution in [0.3, 0.4) is 0 Å². The molecule has 0 aliphatic heterocycles. The van der Waals surface area contributed by atoms with E-state index in [1.54, 1.807) is 11.3 Å². The number of carbonyl (C=O) groups is 1. The molecule has 0 radical (unpaired) electrons. The van der Waals surface area contributed by atoms with Crippen molar-refractivity contribution < 1.29 is 4.79 Å². The number of amides is 1. The maximum absolute atomic E-state index is 11.3. The molecule has 0 fully saturated rings. The zero-order valence-electron chi connectivity index (χ0n) is 8.38. The van der Waals surface area contributed by atoms with Crippen LogP contribution in [0.25, 0.3) is 0 Å². The fourth-order valence-electron chi connectivity index (χ4n) is 1.03. The summed E-state index contributed by atoms with van der Waals surface area (Å²) >= 11 is 1.69. The third-order valence-corrected chi connectivity index (χ3v) is 2.70. The standard InChI is InChI=1S/C11H15NOS/c1-9(2)8-12-11(13)6-5-10-4-3-7-14-10/h3-4,7H,1,5-6,8H2,2H3,(H,12,13). The molecule has 0 saturated carbocycles. The average molecular weight is 209 g/mol. The summed E-state index contributed by atoms with van der Waals surface area (Å²) in [7, 11) is 0. The molecule has 1 N–H and O–H groups in total. The Kier molecular flexibility index (Phi) is 4.40. The second kappa shape index (κ2) is 5.60. The van der Waals surface area contributed by atoms with Gasteiger partial charge in [0.05, 0.1) is 0 Å². The molecule has 1 rings (SSSR count). The molecule has 3 heteroatoms. The second-order valence-electron chi connectivity index (χ2n) is 3.31. The molecular weight excluding hydrogens is 194 g/mol. The van der Waals surface area contributed by atoms with Gasteiger partial charge in [0.1, 0.15) is 0 Å². The fourth-order valence-corrected chi connectivity index (χ4v) is 1.74. The summed E-state index contributed by atoms with van der Waals surface area (Å²) in [6.45, 7) is 6.21. The molecule has 0 aliphatic carbocycles. The maximum atomic E-state index is 11.3. The number of rotatable bonds is 5. The van der Waals surface area contributed by atoms with Crippen LogP contribution in [-0.4, -0.2) is 12.5 Å². The highest BCUT2D eigenvalue weighted by Gasteiger charge is 2.01. The van der Waals surface area contributed by atoms with E-state index in [0.29, 0.717) is 13.0 Å². The van der Waals surface area contributed by atoms with Crippen LogP contribution >= 0.6 is 11.3 Å². The van der Waals surface area contributed by atoms with Crippen LogP contribution in [0.4, 0.5) is 0 Å². The Balaban J connectivity index is 2.18. The van der Waals surface area contributed by atoms with Crippen molar-refractivity contribution in [3.63, 3.8) is 0 Å². The molecule has 14 heavy (non-hydrogen) atoms. The monoisotopic (exact) mass is 209 g/mol. The predicted molar refractivity (Wildman–Crippen MR) is 60.5 cm³/mol. The Morgan fingerprint density at radius 2 is 2.43 bits per heavy atom. The molecule has 0 aromatic carbocycles. The summed E-state index contributed by atoms with van der Waals surface area (Å²) in [6, 6.07) is 4.06. The van der Waals surface area contributed by atoms with Crippen LogP contribution < -0.4 is 5.32 Å². The average Bonchev–Trinajstić information content (AvgIpc) is 2.63. The van der Waals surface area contributed by atoms with Crippen LogP contribution in [0, 0.1) is 0 Å². The molecule has 0 aliphatic rings. The largest absolute Gasteiger partial charge is 0.352 e. The number of carbonyl (C=O) groups excluding carboxylic acids is 1. The van der Waals surface area contributed by atoms with Gasteiger partial charge in [-0.2, -0.15) is 0 Å². The first kappa shape index (κ1) is 11.0. The van der Waals surface area contributed by atoms with E-state index >= 15 is 0 Å². The van der Waals surface area contributed by atoms with Crippen LogP contribution in [0.15, 0.2) is 29.7 Å². The molecule has 0 bridgehead atoms. The van der Waals surface area contributed by atoms with Crippen molar-refractivity contribution in [3.8, 4) is 0 Å². The van der Waals surface area contributed by atoms with Gasteiger partial charge in [-0.25, -0.2) is 0 Å². The van der Waals surface area contributed by atoms with Crippen LogP contribution in [0.1, 0.15) is 18.2 Å². The van der Waals surface area contributed by atoms with Gasteiger partial charge in [0.2, 0.25) is 5.91 Å². The van der Waals surface area contributed by atoms with E-state index in [1.807, 2.05) is 18.4 Å². The predicted octanol–water partition coefficient (Wildman–Crippen LogP) is 2.37. The van der Waals surface area contributed by atoms with Gasteiger partial charge in [-0.1, -0.05) is 18.2 Å². The summed E-state index contributed by atoms with van der Waals surface area (Å²) in [5, 5.41) is 4.84. The van der Waals surface area contributed by atoms with Gasteiger partial charge < -0.3 is 5.32 Å². The van der Waals surface area contributed by atoms with Crippen LogP contribution in [-0.2, 0) is 11.2 Å². The maximum Gasteiger partial charge on any atom is 0.220 e. The number of nitrogens with one attached hydrogen (secondary N) is 1. The Labute approximate surface area is 88.6 Å². The van der Waals surface area contributed by atoms with Gasteiger partial charge in [-0.05, 0) is 24.8 Å². The van der Waals surface area contributed by atoms with Gasteiger partial charge in [-0.3, -0.25) is 4.79 Å². The quantitative estimate of drug-likeness (QED) is 0.741. The van der Waals surface area contributed by atoms with E-state index < -0.39 is 0 Å². The first-order chi connectivity index (χ1) is 6.68. The van der Waals surface area contributed by atoms with Crippen molar-refractivity contribution in [1.29, 1.82) is 0 Å². The highest BCUT2D eigenvalue weighted by Crippen LogP contribution is 2.10. The highest BCUT2D eigenvalue weighted by atomic mass is 32.1. The zero-order chi connectivity index (χ0) is 10.4. The molecule has 0 spiro atoms. The lowest BCUT2D eigenvalue weighted by molar-refractivity contribution is -0.120. The first-order valence-electron chi connectivity index (χ1n) is 4.62. The summed E-state index contributed by atoms with van der Waals surface area (Å²) in [6.07, 6.45) is 1.40. The number of hydrogen-bond donors (Lipinski definition) is 1. The Bertz CT molecular complexity index is 303. The summed E-state index contributed by atoms with van der Waals surface area (Å²) in [5.74, 6) is 0.0985. The smallest absolute Gasteiger partial charge is 0.220 e. The van der Waals surface area contributed by atoms with E-state index in [-0.39, 0.29) is 5.91 Å². The lowest BCUT2D eigenvalue weighted by atomic mass is 10.2. The van der Waals surface area contributed by atoms with Crippen molar-refractivity contribution in [2.24, 2.45) is 0 Å². The molecule has 1 heterocycles. The van der Waals surface area contributed by atoms with Crippen molar-refractivity contribution in [1.82, 2.24) is 5.32 Å². The van der Waals surface area contributed by atoms with E-state index in [1.165, 1.54) is 4.88 Å². The second-order valence-corrected chi connectivity index (χ2v) is 4.35. The van der Waals surface area contributed by atoms with Gasteiger partial charge in [-0.15, -0.1) is 11.3 Å². The van der Waals surface area contributed by atoms with Gasteiger partial charge in [0, 0.05) is 17.8 Å². The van der Waals surface area contributed by atoms with E-state index in [4.69, 9.17) is 0 Å². The number of aryl methyl sites for hydroxylation is 1. The Morgan fingerprint density at radius 3 is 3.00 bits per heavy atom. The third-order valence-electron chi connectivity index (χ3n) is 1.77. The number of thiophene rings is 1. The van der Waals surface area contributed by atoms with Crippen molar-refractivity contribution >= 4 is 17.2 Å². The third kappa shape index (κ3) is 4.23. The SMILES string of the molecule is C=C(C)CNC(=O)CCc1cccs1. The minimum absolute atomic E-state index is 0.0985. The van der Waals surface area contributed by atoms with Crippen LogP contribution in [0.2, 0.25) is 0 Å². The first-order valence-corrected chi connectivity index (χ1v) is 5.50. The van der Waals surface area contributed by atoms with E-state index in [0.717, 1.165) is 12.0 Å². The molecule has 0 atom stereocenters. The normalized spacial score (nSPS) is 9.79. The molecule has 0 saturated heterocycles. The van der Waals surface area contributed by atoms with Crippen LogP contribution in [0.5, 0.6) is 0 Å². The molecule has 1 amide bonds. The summed E-state index contributed by atoms with van der Waals surface area (Å²) in [4.78, 5) is 12.6. The molecule has 1 aromatic rings. The molecular formula is C11H15NOS. The molecule has 0 unspecified atom stereocenters. The van der Waals surface area contributed by atoms with Crippen molar-refractivity contribution in [2.75, 3.05) is 6.54 Å². The minimum atomic E-state index is 0.0985. The topological polar surface area (TPSA) is 29.1 Å². The van der Waals surface area contributed by atoms with Gasteiger partial charge in [0.15, 0.2) is 0 Å². The van der Waals surface area contributed by atoms with Crippen molar-refractivity contribution in [3.05, 3.63) is 34.5 Å². The molecule has 2 nitrogen and oxygen atoms in total. The van der Waals surface area contributed by atoms with Gasteiger partial charge >= 0.3 is 0 Å². The molecule has 76 valence electrons. The van der Waals surface area contributed by atoms with E-state index in [2.05, 4.69) is 18.0 Å². The lowest BCUT2D eigenvalue weighted by Gasteiger charge is -2.03. The zero-order valence-corrected chi connectivity index (χ0v) is 9.19. The Hall–Kier alpha value is -1.09. The molecule has 1 aromatic heterocycles. The summed E-state index contributed by atoms with van der Waals surface area (Å²) < 4.78 is 0. The fraction of sp³-hybridized carbons (Fsp3) is 0.364. The summed E-state index contributed by atoms with van der Waals surface area (Å²) in [5.41, 5.74) is 0.981. The lowest BCUT2D eigenvalue weighted by Crippen LogP contribution is -2.24. The Morgan fingerprint density at radius 1 is 1.64 bits per heavy atom. The number of hydrogen-bond acceptors (Lipinski definition) is 2. The van der Waals surface area contributed by atoms with Crippen molar-refractivity contribution in [2.45, 2.75) is 19.8 Å². The highest BCUT2D eigenvalue weighted by molar-refractivity contribution is 7.09. The van der Waals surface area contributed by atoms with E-state index in [9.17, 15) is 4.79 Å². The van der Waals surface area contributed by atoms with Gasteiger partial charge in [0.25, 0.3) is 0 Å². The minimum Gasteiger partial charge on any atom is -0.352 e.